The summed E-state index contributed by atoms with van der Waals surface area (Å²) in [5, 5.41) is 6.42. The Bertz CT molecular complexity index is 1810. The third kappa shape index (κ3) is 5.35. The summed E-state index contributed by atoms with van der Waals surface area (Å²) in [5.41, 5.74) is 3.73. The van der Waals surface area contributed by atoms with E-state index in [0.29, 0.717) is 37.5 Å². The average molecular weight is 602 g/mol. The zero-order valence-corrected chi connectivity index (χ0v) is 25.0. The summed E-state index contributed by atoms with van der Waals surface area (Å²) in [6.07, 6.45) is 2.67. The van der Waals surface area contributed by atoms with Gasteiger partial charge in [0.05, 0.1) is 29.5 Å². The van der Waals surface area contributed by atoms with Crippen molar-refractivity contribution in [2.24, 2.45) is 5.92 Å². The van der Waals surface area contributed by atoms with Crippen molar-refractivity contribution in [3.8, 4) is 16.8 Å². The fourth-order valence-electron chi connectivity index (χ4n) is 5.15. The molecule has 5 aromatic rings. The standard InChI is InChI=1S/C31H27N3O4S3/c1-18-13-14-21-23(15-18)41-28(26(21)30(37)38-2)32-24(35)17-40-31-33-27-25(22(16-39-27)19-9-5-3-6-10-19)29(36)34(31)20-11-7-4-8-12-20/h3-12,16,18H,13-15,17H2,1-2H3,(H,32,35)/t18-/m0/s1. The smallest absolute Gasteiger partial charge is 0.341 e. The van der Waals surface area contributed by atoms with Crippen molar-refractivity contribution in [1.29, 1.82) is 0 Å². The number of hydrogen-bond acceptors (Lipinski definition) is 8. The molecule has 1 N–H and O–H groups in total. The summed E-state index contributed by atoms with van der Waals surface area (Å²) in [6.45, 7) is 2.20. The molecule has 0 saturated heterocycles. The van der Waals surface area contributed by atoms with Gasteiger partial charge in [0.15, 0.2) is 5.16 Å². The number of ether oxygens (including phenoxy) is 1. The Balaban J connectivity index is 1.33. The Hall–Kier alpha value is -3.73. The SMILES string of the molecule is COC(=O)c1c(NC(=O)CSc2nc3scc(-c4ccccc4)c3c(=O)n2-c2ccccc2)sc2c1CC[C@H](C)C2. The summed E-state index contributed by atoms with van der Waals surface area (Å²) < 4.78 is 6.63. The highest BCUT2D eigenvalue weighted by Crippen LogP contribution is 2.40. The monoisotopic (exact) mass is 601 g/mol. The second kappa shape index (κ2) is 11.6. The Kier molecular flexibility index (Phi) is 7.79. The first-order valence-corrected chi connectivity index (χ1v) is 15.9. The van der Waals surface area contributed by atoms with Gasteiger partial charge in [-0.2, -0.15) is 0 Å². The molecule has 3 heterocycles. The Labute approximate surface area is 249 Å². The van der Waals surface area contributed by atoms with Gasteiger partial charge in [-0.15, -0.1) is 22.7 Å². The third-order valence-corrected chi connectivity index (χ3v) is 10.1. The lowest BCUT2D eigenvalue weighted by molar-refractivity contribution is -0.113. The van der Waals surface area contributed by atoms with Gasteiger partial charge >= 0.3 is 5.97 Å². The van der Waals surface area contributed by atoms with Crippen molar-refractivity contribution in [2.75, 3.05) is 18.2 Å². The number of anilines is 1. The number of para-hydroxylation sites is 1. The van der Waals surface area contributed by atoms with Crippen LogP contribution in [0.25, 0.3) is 27.0 Å². The molecule has 1 aliphatic rings. The van der Waals surface area contributed by atoms with E-state index >= 15 is 0 Å². The molecule has 0 spiro atoms. The molecule has 0 bridgehead atoms. The summed E-state index contributed by atoms with van der Waals surface area (Å²) in [5.74, 6) is -0.170. The number of amides is 1. The first kappa shape index (κ1) is 27.4. The van der Waals surface area contributed by atoms with Crippen LogP contribution in [-0.4, -0.2) is 34.3 Å². The van der Waals surface area contributed by atoms with Crippen LogP contribution in [0, 0.1) is 5.92 Å². The van der Waals surface area contributed by atoms with Crippen molar-refractivity contribution in [1.82, 2.24) is 9.55 Å². The van der Waals surface area contributed by atoms with Crippen molar-refractivity contribution in [2.45, 2.75) is 31.3 Å². The van der Waals surface area contributed by atoms with Crippen LogP contribution in [0.15, 0.2) is 76.0 Å². The number of esters is 1. The summed E-state index contributed by atoms with van der Waals surface area (Å²) in [6, 6.07) is 19.1. The normalized spacial score (nSPS) is 14.5. The number of nitrogens with one attached hydrogen (secondary N) is 1. The van der Waals surface area contributed by atoms with E-state index < -0.39 is 5.97 Å². The molecule has 3 aromatic heterocycles. The Morgan fingerprint density at radius 3 is 2.59 bits per heavy atom. The maximum Gasteiger partial charge on any atom is 0.341 e. The van der Waals surface area contributed by atoms with Crippen molar-refractivity contribution >= 4 is 61.5 Å². The Morgan fingerprint density at radius 1 is 1.12 bits per heavy atom. The predicted octanol–water partition coefficient (Wildman–Crippen LogP) is 6.82. The van der Waals surface area contributed by atoms with Crippen LogP contribution in [0.4, 0.5) is 5.00 Å². The number of thioether (sulfide) groups is 1. The number of benzene rings is 2. The Morgan fingerprint density at radius 2 is 1.85 bits per heavy atom. The molecule has 0 unspecified atom stereocenters. The summed E-state index contributed by atoms with van der Waals surface area (Å²) >= 11 is 4.06. The second-order valence-electron chi connectivity index (χ2n) is 9.95. The van der Waals surface area contributed by atoms with E-state index in [-0.39, 0.29) is 17.2 Å². The molecule has 1 atom stereocenters. The van der Waals surface area contributed by atoms with E-state index in [4.69, 9.17) is 9.72 Å². The number of aromatic nitrogens is 2. The zero-order valence-electron chi connectivity index (χ0n) is 22.5. The van der Waals surface area contributed by atoms with Gasteiger partial charge in [-0.25, -0.2) is 9.78 Å². The number of nitrogens with zero attached hydrogens (tertiary/aromatic N) is 2. The highest BCUT2D eigenvalue weighted by molar-refractivity contribution is 7.99. The number of methoxy groups -OCH3 is 1. The molecule has 0 saturated carbocycles. The largest absolute Gasteiger partial charge is 0.465 e. The minimum atomic E-state index is -0.433. The van der Waals surface area contributed by atoms with Crippen LogP contribution in [0.3, 0.4) is 0 Å². The van der Waals surface area contributed by atoms with Gasteiger partial charge in [0.1, 0.15) is 9.83 Å². The third-order valence-electron chi connectivity index (χ3n) is 7.16. The van der Waals surface area contributed by atoms with Crippen LogP contribution in [-0.2, 0) is 22.4 Å². The van der Waals surface area contributed by atoms with Gasteiger partial charge in [0.25, 0.3) is 5.56 Å². The highest BCUT2D eigenvalue weighted by atomic mass is 32.2. The molecular formula is C31H27N3O4S3. The van der Waals surface area contributed by atoms with Gasteiger partial charge < -0.3 is 10.1 Å². The minimum Gasteiger partial charge on any atom is -0.465 e. The molecule has 10 heteroatoms. The molecule has 0 fully saturated rings. The lowest BCUT2D eigenvalue weighted by atomic mass is 9.88. The van der Waals surface area contributed by atoms with Gasteiger partial charge in [-0.3, -0.25) is 14.2 Å². The second-order valence-corrected chi connectivity index (χ2v) is 12.9. The maximum absolute atomic E-state index is 14.0. The topological polar surface area (TPSA) is 90.3 Å². The van der Waals surface area contributed by atoms with Gasteiger partial charge in [0.2, 0.25) is 5.91 Å². The molecule has 7 nitrogen and oxygen atoms in total. The summed E-state index contributed by atoms with van der Waals surface area (Å²) in [7, 11) is 1.36. The number of carbonyl (C=O) groups excluding carboxylic acids is 2. The maximum atomic E-state index is 14.0. The number of carbonyl (C=O) groups is 2. The zero-order chi connectivity index (χ0) is 28.5. The lowest BCUT2D eigenvalue weighted by Crippen LogP contribution is -2.23. The van der Waals surface area contributed by atoms with E-state index in [0.717, 1.165) is 40.8 Å². The molecule has 6 rings (SSSR count). The molecule has 0 aliphatic heterocycles. The van der Waals surface area contributed by atoms with Gasteiger partial charge in [0, 0.05) is 15.8 Å². The first-order valence-electron chi connectivity index (χ1n) is 13.2. The van der Waals surface area contributed by atoms with Gasteiger partial charge in [-0.05, 0) is 48.4 Å². The van der Waals surface area contributed by atoms with E-state index in [1.165, 1.54) is 41.5 Å². The fraction of sp³-hybridized carbons (Fsp3) is 0.226. The van der Waals surface area contributed by atoms with Crippen LogP contribution >= 0.6 is 34.4 Å². The van der Waals surface area contributed by atoms with Crippen LogP contribution < -0.4 is 10.9 Å². The minimum absolute atomic E-state index is 0.0152. The van der Waals surface area contributed by atoms with Crippen LogP contribution in [0.2, 0.25) is 0 Å². The van der Waals surface area contributed by atoms with Crippen molar-refractivity contribution in [3.05, 3.63) is 92.4 Å². The number of hydrogen-bond donors (Lipinski definition) is 1. The fourth-order valence-corrected chi connectivity index (χ4v) is 8.37. The lowest BCUT2D eigenvalue weighted by Gasteiger charge is -2.18. The molecular weight excluding hydrogens is 575 g/mol. The summed E-state index contributed by atoms with van der Waals surface area (Å²) in [4.78, 5) is 46.5. The van der Waals surface area contributed by atoms with Crippen LogP contribution in [0.1, 0.15) is 34.1 Å². The number of rotatable bonds is 7. The predicted molar refractivity (Wildman–Crippen MR) is 167 cm³/mol. The van der Waals surface area contributed by atoms with Crippen molar-refractivity contribution in [3.63, 3.8) is 0 Å². The molecule has 41 heavy (non-hydrogen) atoms. The van der Waals surface area contributed by atoms with E-state index in [1.807, 2.05) is 66.0 Å². The first-order chi connectivity index (χ1) is 19.9. The number of thiophene rings is 2. The van der Waals surface area contributed by atoms with Crippen LogP contribution in [0.5, 0.6) is 0 Å². The average Bonchev–Trinajstić information content (AvgIpc) is 3.57. The highest BCUT2D eigenvalue weighted by Gasteiger charge is 2.29. The molecule has 1 aliphatic carbocycles. The van der Waals surface area contributed by atoms with E-state index in [9.17, 15) is 14.4 Å². The quantitative estimate of drug-likeness (QED) is 0.125. The molecule has 0 radical (unpaired) electrons. The van der Waals surface area contributed by atoms with Gasteiger partial charge in [-0.1, -0.05) is 67.2 Å². The van der Waals surface area contributed by atoms with Crippen molar-refractivity contribution < 1.29 is 14.3 Å². The van der Waals surface area contributed by atoms with E-state index in [1.54, 1.807) is 4.57 Å². The molecule has 1 amide bonds. The molecule has 2 aromatic carbocycles. The van der Waals surface area contributed by atoms with E-state index in [2.05, 4.69) is 12.2 Å². The number of fused-ring (bicyclic) bond motifs is 2. The molecule has 208 valence electrons.